The third-order valence-electron chi connectivity index (χ3n) is 2.26. The Morgan fingerprint density at radius 2 is 2.17 bits per heavy atom. The Bertz CT molecular complexity index is 505. The van der Waals surface area contributed by atoms with Crippen LogP contribution in [0.15, 0.2) is 27.6 Å². The summed E-state index contributed by atoms with van der Waals surface area (Å²) in [5.74, 6) is 0. The van der Waals surface area contributed by atoms with E-state index in [-0.39, 0.29) is 17.5 Å². The van der Waals surface area contributed by atoms with E-state index in [1.807, 2.05) is 13.8 Å². The van der Waals surface area contributed by atoms with Crippen molar-refractivity contribution >= 4 is 31.6 Å². The molecule has 0 radical (unpaired) electrons. The van der Waals surface area contributed by atoms with Gasteiger partial charge in [-0.3, -0.25) is 0 Å². The molecule has 0 bridgehead atoms. The minimum absolute atomic E-state index is 0.167. The number of nitrogen functional groups attached to an aromatic ring is 1. The SMILES string of the molecule is CCOC(C)CNS(=O)(=O)c1ccc(N)cc1Br. The molecule has 0 aliphatic heterocycles. The highest BCUT2D eigenvalue weighted by Crippen LogP contribution is 2.23. The van der Waals surface area contributed by atoms with Crippen molar-refractivity contribution in [2.75, 3.05) is 18.9 Å². The van der Waals surface area contributed by atoms with Crippen LogP contribution in [-0.2, 0) is 14.8 Å². The maximum Gasteiger partial charge on any atom is 0.241 e. The van der Waals surface area contributed by atoms with E-state index in [1.54, 1.807) is 12.1 Å². The molecule has 5 nitrogen and oxygen atoms in total. The van der Waals surface area contributed by atoms with Gasteiger partial charge in [0.15, 0.2) is 0 Å². The highest BCUT2D eigenvalue weighted by Gasteiger charge is 2.18. The lowest BCUT2D eigenvalue weighted by atomic mass is 10.3. The van der Waals surface area contributed by atoms with E-state index in [0.717, 1.165) is 0 Å². The molecule has 0 aliphatic rings. The van der Waals surface area contributed by atoms with Crippen LogP contribution in [0.5, 0.6) is 0 Å². The molecule has 0 saturated carbocycles. The predicted molar refractivity (Wildman–Crippen MR) is 74.8 cm³/mol. The van der Waals surface area contributed by atoms with Crippen molar-refractivity contribution in [2.45, 2.75) is 24.8 Å². The minimum Gasteiger partial charge on any atom is -0.399 e. The minimum atomic E-state index is -3.55. The molecule has 0 fully saturated rings. The molecule has 0 saturated heterocycles. The smallest absolute Gasteiger partial charge is 0.241 e. The topological polar surface area (TPSA) is 81.4 Å². The molecule has 1 aromatic carbocycles. The highest BCUT2D eigenvalue weighted by atomic mass is 79.9. The maximum atomic E-state index is 12.0. The molecule has 18 heavy (non-hydrogen) atoms. The molecule has 0 aliphatic carbocycles. The van der Waals surface area contributed by atoms with Crippen LogP contribution in [0.2, 0.25) is 0 Å². The monoisotopic (exact) mass is 336 g/mol. The fourth-order valence-corrected chi connectivity index (χ4v) is 3.59. The van der Waals surface area contributed by atoms with E-state index in [2.05, 4.69) is 20.7 Å². The summed E-state index contributed by atoms with van der Waals surface area (Å²) in [6.07, 6.45) is -0.169. The van der Waals surface area contributed by atoms with Crippen LogP contribution < -0.4 is 10.5 Å². The molecular formula is C11H17BrN2O3S. The molecular weight excluding hydrogens is 320 g/mol. The van der Waals surface area contributed by atoms with Crippen molar-refractivity contribution in [1.29, 1.82) is 0 Å². The molecule has 0 aromatic heterocycles. The Morgan fingerprint density at radius 3 is 2.72 bits per heavy atom. The van der Waals surface area contributed by atoms with Gasteiger partial charge in [-0.05, 0) is 48.0 Å². The molecule has 0 amide bonds. The first-order valence-electron chi connectivity index (χ1n) is 5.53. The van der Waals surface area contributed by atoms with Gasteiger partial charge >= 0.3 is 0 Å². The number of anilines is 1. The lowest BCUT2D eigenvalue weighted by Gasteiger charge is -2.13. The number of halogens is 1. The Kier molecular flexibility index (Phi) is 5.58. The first kappa shape index (κ1) is 15.4. The number of ether oxygens (including phenoxy) is 1. The summed E-state index contributed by atoms with van der Waals surface area (Å²) in [7, 11) is -3.55. The van der Waals surface area contributed by atoms with E-state index in [0.29, 0.717) is 16.8 Å². The summed E-state index contributed by atoms with van der Waals surface area (Å²) in [5, 5.41) is 0. The van der Waals surface area contributed by atoms with Gasteiger partial charge in [-0.15, -0.1) is 0 Å². The van der Waals surface area contributed by atoms with Crippen LogP contribution in [0.4, 0.5) is 5.69 Å². The highest BCUT2D eigenvalue weighted by molar-refractivity contribution is 9.10. The van der Waals surface area contributed by atoms with Crippen LogP contribution in [0.25, 0.3) is 0 Å². The van der Waals surface area contributed by atoms with Crippen molar-refractivity contribution in [2.24, 2.45) is 0 Å². The number of hydrogen-bond donors (Lipinski definition) is 2. The summed E-state index contributed by atoms with van der Waals surface area (Å²) in [6.45, 7) is 4.45. The number of hydrogen-bond acceptors (Lipinski definition) is 4. The second kappa shape index (κ2) is 6.51. The summed E-state index contributed by atoms with van der Waals surface area (Å²) in [4.78, 5) is 0.167. The van der Waals surface area contributed by atoms with Crippen LogP contribution in [0.1, 0.15) is 13.8 Å². The van der Waals surface area contributed by atoms with Gasteiger partial charge in [0.25, 0.3) is 0 Å². The summed E-state index contributed by atoms with van der Waals surface area (Å²) in [5.41, 5.74) is 6.07. The van der Waals surface area contributed by atoms with Crippen LogP contribution >= 0.6 is 15.9 Å². The van der Waals surface area contributed by atoms with E-state index < -0.39 is 10.0 Å². The lowest BCUT2D eigenvalue weighted by Crippen LogP contribution is -2.32. The van der Waals surface area contributed by atoms with Crippen LogP contribution in [0, 0.1) is 0 Å². The Balaban J connectivity index is 2.80. The Morgan fingerprint density at radius 1 is 1.50 bits per heavy atom. The largest absolute Gasteiger partial charge is 0.399 e. The fourth-order valence-electron chi connectivity index (χ4n) is 1.38. The lowest BCUT2D eigenvalue weighted by molar-refractivity contribution is 0.0799. The van der Waals surface area contributed by atoms with Gasteiger partial charge in [0.05, 0.1) is 11.0 Å². The molecule has 7 heteroatoms. The van der Waals surface area contributed by atoms with Crippen molar-refractivity contribution in [1.82, 2.24) is 4.72 Å². The third-order valence-corrected chi connectivity index (χ3v) is 4.66. The zero-order chi connectivity index (χ0) is 13.8. The first-order chi connectivity index (χ1) is 8.36. The van der Waals surface area contributed by atoms with Gasteiger partial charge in [0, 0.05) is 23.3 Å². The number of rotatable bonds is 6. The Labute approximate surface area is 116 Å². The van der Waals surface area contributed by atoms with Gasteiger partial charge in [-0.1, -0.05) is 0 Å². The normalized spacial score (nSPS) is 13.5. The number of benzene rings is 1. The van der Waals surface area contributed by atoms with Crippen molar-refractivity contribution in [3.8, 4) is 0 Å². The molecule has 1 aromatic rings. The third kappa shape index (κ3) is 4.24. The molecule has 1 unspecified atom stereocenters. The van der Waals surface area contributed by atoms with Crippen LogP contribution in [0.3, 0.4) is 0 Å². The van der Waals surface area contributed by atoms with Gasteiger partial charge in [-0.25, -0.2) is 13.1 Å². The second-order valence-electron chi connectivity index (χ2n) is 3.81. The van der Waals surface area contributed by atoms with Gasteiger partial charge < -0.3 is 10.5 Å². The average molecular weight is 337 g/mol. The summed E-state index contributed by atoms with van der Waals surface area (Å²) >= 11 is 3.19. The number of nitrogens with one attached hydrogen (secondary N) is 1. The molecule has 0 heterocycles. The first-order valence-corrected chi connectivity index (χ1v) is 7.80. The summed E-state index contributed by atoms with van der Waals surface area (Å²) in [6, 6.07) is 4.57. The maximum absolute atomic E-state index is 12.0. The van der Waals surface area contributed by atoms with E-state index in [1.165, 1.54) is 6.07 Å². The van der Waals surface area contributed by atoms with Crippen molar-refractivity contribution in [3.05, 3.63) is 22.7 Å². The van der Waals surface area contributed by atoms with E-state index >= 15 is 0 Å². The van der Waals surface area contributed by atoms with E-state index in [4.69, 9.17) is 10.5 Å². The summed E-state index contributed by atoms with van der Waals surface area (Å²) < 4.78 is 32.3. The van der Waals surface area contributed by atoms with Gasteiger partial charge in [0.1, 0.15) is 0 Å². The number of nitrogens with two attached hydrogens (primary N) is 1. The van der Waals surface area contributed by atoms with Gasteiger partial charge in [0.2, 0.25) is 10.0 Å². The molecule has 102 valence electrons. The zero-order valence-electron chi connectivity index (χ0n) is 10.3. The zero-order valence-corrected chi connectivity index (χ0v) is 12.7. The van der Waals surface area contributed by atoms with Crippen LogP contribution in [-0.4, -0.2) is 27.7 Å². The van der Waals surface area contributed by atoms with Gasteiger partial charge in [-0.2, -0.15) is 0 Å². The van der Waals surface area contributed by atoms with E-state index in [9.17, 15) is 8.42 Å². The molecule has 1 rings (SSSR count). The standard InChI is InChI=1S/C11H17BrN2O3S/c1-3-17-8(2)7-14-18(15,16)11-5-4-9(13)6-10(11)12/h4-6,8,14H,3,7,13H2,1-2H3. The predicted octanol–water partition coefficient (Wildman–Crippen LogP) is 1.73. The van der Waals surface area contributed by atoms with Crippen molar-refractivity contribution < 1.29 is 13.2 Å². The fraction of sp³-hybridized carbons (Fsp3) is 0.455. The molecule has 1 atom stereocenters. The molecule has 3 N–H and O–H groups in total. The Hall–Kier alpha value is -0.630. The number of sulfonamides is 1. The second-order valence-corrected chi connectivity index (χ2v) is 6.40. The average Bonchev–Trinajstić information content (AvgIpc) is 2.26. The quantitative estimate of drug-likeness (QED) is 0.775. The molecule has 0 spiro atoms. The van der Waals surface area contributed by atoms with Crippen molar-refractivity contribution in [3.63, 3.8) is 0 Å².